The Morgan fingerprint density at radius 2 is 1.64 bits per heavy atom. The molecule has 0 aliphatic rings. The number of hydrogen-bond donors (Lipinski definition) is 1. The molecule has 0 aromatic carbocycles. The van der Waals surface area contributed by atoms with Crippen molar-refractivity contribution in [3.8, 4) is 0 Å². The van der Waals surface area contributed by atoms with E-state index in [1.54, 1.807) is 0 Å². The molecule has 0 aromatic rings. The number of aliphatic hydroxyl groups is 1. The molecule has 0 fully saturated rings. The quantitative estimate of drug-likeness (QED) is 0.434. The van der Waals surface area contributed by atoms with E-state index in [0.29, 0.717) is 6.54 Å². The Hall–Kier alpha value is -0.770. The summed E-state index contributed by atoms with van der Waals surface area (Å²) in [5.41, 5.74) is 0. The highest BCUT2D eigenvalue weighted by Crippen LogP contribution is 1.87. The van der Waals surface area contributed by atoms with E-state index in [9.17, 15) is 0 Å². The van der Waals surface area contributed by atoms with Gasteiger partial charge in [0.1, 0.15) is 0 Å². The predicted octanol–water partition coefficient (Wildman–Crippen LogP) is -0.542. The minimum atomic E-state index is 0.102. The van der Waals surface area contributed by atoms with Crippen LogP contribution in [0.5, 0.6) is 0 Å². The lowest BCUT2D eigenvalue weighted by Gasteiger charge is -2.22. The fraction of sp³-hybridized carbons (Fsp3) is 0.857. The van der Waals surface area contributed by atoms with Crippen LogP contribution in [-0.2, 0) is 0 Å². The zero-order valence-electron chi connectivity index (χ0n) is 7.70. The smallest absolute Gasteiger partial charge is 0.195 e. The summed E-state index contributed by atoms with van der Waals surface area (Å²) >= 11 is 0. The third-order valence-corrected chi connectivity index (χ3v) is 1.15. The molecule has 0 bridgehead atoms. The molecule has 0 radical (unpaired) electrons. The van der Waals surface area contributed by atoms with Crippen LogP contribution in [0.1, 0.15) is 0 Å². The minimum absolute atomic E-state index is 0.102. The van der Waals surface area contributed by atoms with Crippen molar-refractivity contribution in [2.75, 3.05) is 41.3 Å². The van der Waals surface area contributed by atoms with Crippen molar-refractivity contribution in [1.29, 1.82) is 0 Å². The third kappa shape index (κ3) is 3.83. The van der Waals surface area contributed by atoms with Gasteiger partial charge in [-0.3, -0.25) is 4.99 Å². The molecule has 0 aliphatic heterocycles. The number of rotatable bonds is 2. The van der Waals surface area contributed by atoms with Crippen molar-refractivity contribution in [3.63, 3.8) is 0 Å². The minimum Gasteiger partial charge on any atom is -0.394 e. The molecule has 66 valence electrons. The zero-order valence-corrected chi connectivity index (χ0v) is 7.70. The van der Waals surface area contributed by atoms with Gasteiger partial charge in [0.15, 0.2) is 5.96 Å². The first kappa shape index (κ1) is 10.2. The maximum Gasteiger partial charge on any atom is 0.195 e. The van der Waals surface area contributed by atoms with Crippen molar-refractivity contribution in [3.05, 3.63) is 0 Å². The molecule has 0 amide bonds. The van der Waals surface area contributed by atoms with Gasteiger partial charge in [-0.05, 0) is 0 Å². The first-order valence-corrected chi connectivity index (χ1v) is 3.59. The molecule has 0 unspecified atom stereocenters. The van der Waals surface area contributed by atoms with E-state index in [4.69, 9.17) is 5.11 Å². The van der Waals surface area contributed by atoms with E-state index < -0.39 is 0 Å². The van der Waals surface area contributed by atoms with Gasteiger partial charge in [-0.15, -0.1) is 0 Å². The number of nitrogens with zero attached hydrogens (tertiary/aromatic N) is 3. The standard InChI is InChI=1S/C7H17N3O/c1-9(2)7(10(3)4)8-5-6-11/h11H,5-6H2,1-4H3. The van der Waals surface area contributed by atoms with Crippen LogP contribution in [0, 0.1) is 0 Å². The summed E-state index contributed by atoms with van der Waals surface area (Å²) in [7, 11) is 7.71. The molecule has 0 atom stereocenters. The summed E-state index contributed by atoms with van der Waals surface area (Å²) in [5.74, 6) is 0.874. The summed E-state index contributed by atoms with van der Waals surface area (Å²) in [6.07, 6.45) is 0. The molecule has 0 heterocycles. The van der Waals surface area contributed by atoms with Crippen LogP contribution in [0.15, 0.2) is 4.99 Å². The lowest BCUT2D eigenvalue weighted by atomic mass is 10.6. The normalized spacial score (nSPS) is 9.18. The lowest BCUT2D eigenvalue weighted by molar-refractivity contribution is 0.305. The van der Waals surface area contributed by atoms with Gasteiger partial charge in [-0.1, -0.05) is 0 Å². The second kappa shape index (κ2) is 4.96. The molecular formula is C7H17N3O. The van der Waals surface area contributed by atoms with Crippen LogP contribution in [0.2, 0.25) is 0 Å². The zero-order chi connectivity index (χ0) is 8.85. The van der Waals surface area contributed by atoms with Crippen molar-refractivity contribution in [2.45, 2.75) is 0 Å². The molecule has 0 saturated heterocycles. The Balaban J connectivity index is 4.09. The highest BCUT2D eigenvalue weighted by molar-refractivity contribution is 5.79. The first-order chi connectivity index (χ1) is 5.09. The van der Waals surface area contributed by atoms with Gasteiger partial charge >= 0.3 is 0 Å². The van der Waals surface area contributed by atoms with E-state index in [2.05, 4.69) is 4.99 Å². The van der Waals surface area contributed by atoms with Crippen molar-refractivity contribution in [1.82, 2.24) is 9.80 Å². The Bertz CT molecular complexity index is 122. The maximum atomic E-state index is 8.53. The molecule has 4 nitrogen and oxygen atoms in total. The summed E-state index contributed by atoms with van der Waals surface area (Å²) in [6.45, 7) is 0.566. The topological polar surface area (TPSA) is 39.1 Å². The second-order valence-electron chi connectivity index (χ2n) is 2.69. The highest BCUT2D eigenvalue weighted by Gasteiger charge is 2.01. The van der Waals surface area contributed by atoms with E-state index in [-0.39, 0.29) is 6.61 Å². The molecule has 0 saturated carbocycles. The van der Waals surface area contributed by atoms with Crippen molar-refractivity contribution < 1.29 is 5.11 Å². The molecule has 0 aliphatic carbocycles. The van der Waals surface area contributed by atoms with Gasteiger partial charge in [0.05, 0.1) is 13.2 Å². The SMILES string of the molecule is CN(C)C(=NCCO)N(C)C. The van der Waals surface area contributed by atoms with Crippen LogP contribution in [-0.4, -0.2) is 62.2 Å². The van der Waals surface area contributed by atoms with E-state index >= 15 is 0 Å². The van der Waals surface area contributed by atoms with Crippen LogP contribution < -0.4 is 0 Å². The van der Waals surface area contributed by atoms with Gasteiger partial charge in [0, 0.05) is 28.2 Å². The summed E-state index contributed by atoms with van der Waals surface area (Å²) in [5, 5.41) is 8.53. The predicted molar refractivity (Wildman–Crippen MR) is 46.8 cm³/mol. The highest BCUT2D eigenvalue weighted by atomic mass is 16.3. The number of hydrogen-bond acceptors (Lipinski definition) is 2. The van der Waals surface area contributed by atoms with E-state index in [1.165, 1.54) is 0 Å². The van der Waals surface area contributed by atoms with E-state index in [0.717, 1.165) is 5.96 Å². The molecule has 11 heavy (non-hydrogen) atoms. The average Bonchev–Trinajstić information content (AvgIpc) is 1.87. The summed E-state index contributed by atoms with van der Waals surface area (Å²) < 4.78 is 0. The average molecular weight is 159 g/mol. The van der Waals surface area contributed by atoms with Crippen LogP contribution >= 0.6 is 0 Å². The monoisotopic (exact) mass is 159 g/mol. The Morgan fingerprint density at radius 1 is 1.18 bits per heavy atom. The van der Waals surface area contributed by atoms with Crippen LogP contribution in [0.3, 0.4) is 0 Å². The molecule has 4 heteroatoms. The maximum absolute atomic E-state index is 8.53. The Labute approximate surface area is 68.1 Å². The first-order valence-electron chi connectivity index (χ1n) is 3.59. The molecular weight excluding hydrogens is 142 g/mol. The van der Waals surface area contributed by atoms with Gasteiger partial charge in [0.2, 0.25) is 0 Å². The second-order valence-corrected chi connectivity index (χ2v) is 2.69. The van der Waals surface area contributed by atoms with Gasteiger partial charge in [0.25, 0.3) is 0 Å². The van der Waals surface area contributed by atoms with Gasteiger partial charge in [-0.2, -0.15) is 0 Å². The summed E-state index contributed by atoms with van der Waals surface area (Å²) in [6, 6.07) is 0. The number of aliphatic imine (C=N–C) groups is 1. The van der Waals surface area contributed by atoms with Crippen LogP contribution in [0.25, 0.3) is 0 Å². The Kier molecular flexibility index (Phi) is 4.61. The summed E-state index contributed by atoms with van der Waals surface area (Å²) in [4.78, 5) is 7.98. The van der Waals surface area contributed by atoms with Gasteiger partial charge < -0.3 is 14.9 Å². The largest absolute Gasteiger partial charge is 0.394 e. The number of guanidine groups is 1. The van der Waals surface area contributed by atoms with Crippen molar-refractivity contribution in [2.24, 2.45) is 4.99 Å². The number of aliphatic hydroxyl groups excluding tert-OH is 1. The van der Waals surface area contributed by atoms with Gasteiger partial charge in [-0.25, -0.2) is 0 Å². The Morgan fingerprint density at radius 3 is 1.91 bits per heavy atom. The molecule has 0 spiro atoms. The molecule has 1 N–H and O–H groups in total. The molecule has 0 aromatic heterocycles. The fourth-order valence-electron chi connectivity index (χ4n) is 0.833. The molecule has 0 rings (SSSR count). The van der Waals surface area contributed by atoms with E-state index in [1.807, 2.05) is 38.0 Å². The van der Waals surface area contributed by atoms with Crippen molar-refractivity contribution >= 4 is 5.96 Å². The third-order valence-electron chi connectivity index (χ3n) is 1.15. The lowest BCUT2D eigenvalue weighted by Crippen LogP contribution is -2.35. The van der Waals surface area contributed by atoms with Crippen LogP contribution in [0.4, 0.5) is 0 Å². The fourth-order valence-corrected chi connectivity index (χ4v) is 0.833.